The molecule has 32 heavy (non-hydrogen) atoms. The average Bonchev–Trinajstić information content (AvgIpc) is 2.72. The van der Waals surface area contributed by atoms with Gasteiger partial charge < -0.3 is 10.6 Å². The lowest BCUT2D eigenvalue weighted by Crippen LogP contribution is -2.19. The molecule has 0 bridgehead atoms. The van der Waals surface area contributed by atoms with E-state index in [1.807, 2.05) is 0 Å². The van der Waals surface area contributed by atoms with E-state index in [-0.39, 0.29) is 30.4 Å². The summed E-state index contributed by atoms with van der Waals surface area (Å²) in [6.45, 7) is 0. The first-order chi connectivity index (χ1) is 15.2. The monoisotopic (exact) mass is 508 g/mol. The largest absolute Gasteiger partial charge is 0.419 e. The first-order valence-electron chi connectivity index (χ1n) is 9.76. The number of amides is 1. The van der Waals surface area contributed by atoms with E-state index in [0.29, 0.717) is 34.3 Å². The molecule has 4 rings (SSSR count). The second kappa shape index (κ2) is 8.85. The van der Waals surface area contributed by atoms with Crippen molar-refractivity contribution in [3.63, 3.8) is 0 Å². The molecule has 3 aromatic rings. The summed E-state index contributed by atoms with van der Waals surface area (Å²) >= 11 is 3.16. The number of benzene rings is 2. The number of halogens is 5. The van der Waals surface area contributed by atoms with Gasteiger partial charge in [0.1, 0.15) is 5.82 Å². The molecule has 2 heterocycles. The molecule has 0 saturated carbocycles. The number of nitrogens with one attached hydrogen (secondary N) is 2. The van der Waals surface area contributed by atoms with Crippen molar-refractivity contribution in [1.82, 2.24) is 9.97 Å². The summed E-state index contributed by atoms with van der Waals surface area (Å²) in [6.07, 6.45) is -3.02. The number of aromatic nitrogens is 2. The van der Waals surface area contributed by atoms with Gasteiger partial charge in [-0.15, -0.1) is 0 Å². The molecular weight excluding hydrogens is 492 g/mol. The van der Waals surface area contributed by atoms with Gasteiger partial charge in [0.25, 0.3) is 0 Å². The minimum Gasteiger partial charge on any atom is -0.326 e. The number of alkyl halides is 3. The molecule has 10 heteroatoms. The number of hydrogen-bond donors (Lipinski definition) is 2. The van der Waals surface area contributed by atoms with Crippen molar-refractivity contribution in [2.45, 2.75) is 31.9 Å². The molecule has 1 aliphatic rings. The van der Waals surface area contributed by atoms with E-state index < -0.39 is 17.6 Å². The van der Waals surface area contributed by atoms with E-state index in [1.54, 1.807) is 24.3 Å². The number of nitrogens with zero attached hydrogens (tertiary/aromatic N) is 2. The van der Waals surface area contributed by atoms with Crippen LogP contribution in [0.5, 0.6) is 0 Å². The van der Waals surface area contributed by atoms with Crippen LogP contribution in [0.3, 0.4) is 0 Å². The van der Waals surface area contributed by atoms with Crippen LogP contribution in [-0.2, 0) is 30.2 Å². The van der Waals surface area contributed by atoms with Gasteiger partial charge in [-0.1, -0.05) is 22.0 Å². The molecule has 1 aromatic heterocycles. The van der Waals surface area contributed by atoms with E-state index in [1.165, 1.54) is 12.1 Å². The zero-order valence-corrected chi connectivity index (χ0v) is 18.1. The van der Waals surface area contributed by atoms with Crippen LogP contribution in [0.25, 0.3) is 0 Å². The van der Waals surface area contributed by atoms with Crippen molar-refractivity contribution in [2.75, 3.05) is 10.6 Å². The predicted octanol–water partition coefficient (Wildman–Crippen LogP) is 5.81. The fourth-order valence-corrected chi connectivity index (χ4v) is 3.81. The number of rotatable bonds is 5. The summed E-state index contributed by atoms with van der Waals surface area (Å²) in [4.78, 5) is 19.4. The summed E-state index contributed by atoms with van der Waals surface area (Å²) in [6, 6.07) is 9.63. The number of anilines is 3. The van der Waals surface area contributed by atoms with Gasteiger partial charge >= 0.3 is 6.18 Å². The number of hydrogen-bond acceptors (Lipinski definition) is 4. The molecular formula is C22H17BrF4N4O. The highest BCUT2D eigenvalue weighted by Gasteiger charge is 2.35. The van der Waals surface area contributed by atoms with Crippen LogP contribution < -0.4 is 10.6 Å². The number of aryl methyl sites for hydroxylation is 3. The van der Waals surface area contributed by atoms with Crippen molar-refractivity contribution in [3.05, 3.63) is 75.3 Å². The quantitative estimate of drug-likeness (QED) is 0.426. The first kappa shape index (κ1) is 22.2. The highest BCUT2D eigenvalue weighted by Crippen LogP contribution is 2.33. The maximum absolute atomic E-state index is 14.1. The van der Waals surface area contributed by atoms with Crippen LogP contribution in [0, 0.1) is 5.82 Å². The smallest absolute Gasteiger partial charge is 0.326 e. The Balaban J connectivity index is 1.58. The Bertz CT molecular complexity index is 1180. The predicted molar refractivity (Wildman–Crippen MR) is 115 cm³/mol. The summed E-state index contributed by atoms with van der Waals surface area (Å²) in [5.74, 6) is -0.554. The third-order valence-electron chi connectivity index (χ3n) is 5.08. The third kappa shape index (κ3) is 5.07. The highest BCUT2D eigenvalue weighted by atomic mass is 79.9. The zero-order chi connectivity index (χ0) is 22.9. The summed E-state index contributed by atoms with van der Waals surface area (Å²) in [7, 11) is 0. The van der Waals surface area contributed by atoms with E-state index >= 15 is 0 Å². The molecule has 0 unspecified atom stereocenters. The highest BCUT2D eigenvalue weighted by molar-refractivity contribution is 9.10. The van der Waals surface area contributed by atoms with E-state index in [4.69, 9.17) is 0 Å². The van der Waals surface area contributed by atoms with Gasteiger partial charge in [-0.05, 0) is 60.7 Å². The van der Waals surface area contributed by atoms with Crippen LogP contribution >= 0.6 is 15.9 Å². The average molecular weight is 509 g/mol. The van der Waals surface area contributed by atoms with Crippen molar-refractivity contribution < 1.29 is 22.4 Å². The maximum Gasteiger partial charge on any atom is 0.419 e. The standard InChI is InChI=1S/C22H17BrF4N4O/c23-14-4-1-12(17(24)10-14)2-6-19-16(22(25,26)27)11-28-21(31-19)29-15-5-7-18-13(9-15)3-8-20(32)30-18/h1,4-5,7,9-11H,2-3,6,8H2,(H,30,32)(H,28,29,31). The van der Waals surface area contributed by atoms with Crippen molar-refractivity contribution >= 4 is 39.2 Å². The molecule has 0 aliphatic carbocycles. The van der Waals surface area contributed by atoms with Gasteiger partial charge in [-0.3, -0.25) is 4.79 Å². The van der Waals surface area contributed by atoms with Crippen molar-refractivity contribution in [3.8, 4) is 0 Å². The normalized spacial score (nSPS) is 13.5. The Morgan fingerprint density at radius 2 is 1.91 bits per heavy atom. The van der Waals surface area contributed by atoms with E-state index in [0.717, 1.165) is 11.8 Å². The van der Waals surface area contributed by atoms with Gasteiger partial charge in [0, 0.05) is 28.5 Å². The molecule has 1 aliphatic heterocycles. The topological polar surface area (TPSA) is 66.9 Å². The Labute approximate surface area is 189 Å². The minimum atomic E-state index is -4.63. The molecule has 2 aromatic carbocycles. The van der Waals surface area contributed by atoms with Gasteiger partial charge in [0.15, 0.2) is 0 Å². The number of carbonyl (C=O) groups excluding carboxylic acids is 1. The molecule has 0 fully saturated rings. The lowest BCUT2D eigenvalue weighted by molar-refractivity contribution is -0.138. The number of fused-ring (bicyclic) bond motifs is 1. The number of carbonyl (C=O) groups is 1. The molecule has 0 atom stereocenters. The van der Waals surface area contributed by atoms with E-state index in [2.05, 4.69) is 36.5 Å². The second-order valence-corrected chi connectivity index (χ2v) is 8.25. The Morgan fingerprint density at radius 1 is 1.09 bits per heavy atom. The first-order valence-corrected chi connectivity index (χ1v) is 10.6. The summed E-state index contributed by atoms with van der Waals surface area (Å²) < 4.78 is 55.1. The molecule has 0 radical (unpaired) electrons. The molecule has 5 nitrogen and oxygen atoms in total. The summed E-state index contributed by atoms with van der Waals surface area (Å²) in [5, 5.41) is 5.69. The zero-order valence-electron chi connectivity index (χ0n) is 16.6. The van der Waals surface area contributed by atoms with Crippen LogP contribution in [0.15, 0.2) is 47.1 Å². The van der Waals surface area contributed by atoms with Gasteiger partial charge in [-0.2, -0.15) is 13.2 Å². The third-order valence-corrected chi connectivity index (χ3v) is 5.57. The van der Waals surface area contributed by atoms with Gasteiger partial charge in [-0.25, -0.2) is 14.4 Å². The van der Waals surface area contributed by atoms with Crippen LogP contribution in [0.1, 0.15) is 28.8 Å². The Morgan fingerprint density at radius 3 is 2.66 bits per heavy atom. The lowest BCUT2D eigenvalue weighted by Gasteiger charge is -2.18. The fourth-order valence-electron chi connectivity index (χ4n) is 3.47. The second-order valence-electron chi connectivity index (χ2n) is 7.33. The molecule has 166 valence electrons. The van der Waals surface area contributed by atoms with Gasteiger partial charge in [0.05, 0.1) is 11.3 Å². The maximum atomic E-state index is 14.1. The SMILES string of the molecule is O=C1CCc2cc(Nc3ncc(C(F)(F)F)c(CCc4ccc(Br)cc4F)n3)ccc2N1. The molecule has 0 saturated heterocycles. The van der Waals surface area contributed by atoms with Crippen molar-refractivity contribution in [2.24, 2.45) is 0 Å². The van der Waals surface area contributed by atoms with E-state index in [9.17, 15) is 22.4 Å². The van der Waals surface area contributed by atoms with Crippen molar-refractivity contribution in [1.29, 1.82) is 0 Å². The fraction of sp³-hybridized carbons (Fsp3) is 0.227. The Kier molecular flexibility index (Phi) is 6.14. The van der Waals surface area contributed by atoms with Gasteiger partial charge in [0.2, 0.25) is 11.9 Å². The van der Waals surface area contributed by atoms with Crippen LogP contribution in [0.4, 0.5) is 34.9 Å². The minimum absolute atomic E-state index is 0.00377. The molecule has 1 amide bonds. The Hall–Kier alpha value is -3.01. The molecule has 2 N–H and O–H groups in total. The summed E-state index contributed by atoms with van der Waals surface area (Å²) in [5.41, 5.74) is 1.33. The molecule has 0 spiro atoms. The lowest BCUT2D eigenvalue weighted by atomic mass is 10.0. The van der Waals surface area contributed by atoms with Crippen LogP contribution in [0.2, 0.25) is 0 Å². The van der Waals surface area contributed by atoms with Crippen LogP contribution in [-0.4, -0.2) is 15.9 Å².